The Hall–Kier alpha value is -2.42. The number of hydrazine groups is 1. The van der Waals surface area contributed by atoms with Crippen LogP contribution in [-0.2, 0) is 10.0 Å². The standard InChI is InChI=1S/C16H16ClN3O4S/c1-20(2)25(23,24)14-8-6-11(7-9-14)15(21)18-19-16(22)12-4-3-5-13(17)10-12/h3-10H,1-2H3,(H,18,21)(H,19,22). The van der Waals surface area contributed by atoms with Gasteiger partial charge in [-0.2, -0.15) is 0 Å². The SMILES string of the molecule is CN(C)S(=O)(=O)c1ccc(C(=O)NNC(=O)c2cccc(Cl)c2)cc1. The average molecular weight is 382 g/mol. The summed E-state index contributed by atoms with van der Waals surface area (Å²) < 4.78 is 25.0. The van der Waals surface area contributed by atoms with Gasteiger partial charge in [-0.15, -0.1) is 0 Å². The number of nitrogens with zero attached hydrogens (tertiary/aromatic N) is 1. The summed E-state index contributed by atoms with van der Waals surface area (Å²) in [4.78, 5) is 24.0. The van der Waals surface area contributed by atoms with Gasteiger partial charge in [0, 0.05) is 30.2 Å². The number of nitrogens with one attached hydrogen (secondary N) is 2. The number of halogens is 1. The van der Waals surface area contributed by atoms with Crippen LogP contribution in [-0.4, -0.2) is 38.6 Å². The average Bonchev–Trinajstić information content (AvgIpc) is 2.59. The van der Waals surface area contributed by atoms with E-state index >= 15 is 0 Å². The molecule has 132 valence electrons. The third-order valence-corrected chi connectivity index (χ3v) is 5.34. The molecule has 0 fully saturated rings. The Morgan fingerprint density at radius 1 is 0.920 bits per heavy atom. The zero-order valence-corrected chi connectivity index (χ0v) is 15.1. The minimum atomic E-state index is -3.57. The Bertz CT molecular complexity index is 896. The number of amides is 2. The molecule has 0 saturated carbocycles. The molecule has 0 atom stereocenters. The van der Waals surface area contributed by atoms with E-state index in [9.17, 15) is 18.0 Å². The van der Waals surface area contributed by atoms with E-state index in [-0.39, 0.29) is 10.5 Å². The second-order valence-corrected chi connectivity index (χ2v) is 7.82. The Balaban J connectivity index is 2.03. The largest absolute Gasteiger partial charge is 0.269 e. The summed E-state index contributed by atoms with van der Waals surface area (Å²) in [6.07, 6.45) is 0. The van der Waals surface area contributed by atoms with Gasteiger partial charge >= 0.3 is 0 Å². The van der Waals surface area contributed by atoms with Crippen molar-refractivity contribution in [3.05, 3.63) is 64.7 Å². The van der Waals surface area contributed by atoms with Gasteiger partial charge in [-0.1, -0.05) is 17.7 Å². The number of carbonyl (C=O) groups is 2. The fourth-order valence-electron chi connectivity index (χ4n) is 1.88. The maximum atomic E-state index is 12.0. The van der Waals surface area contributed by atoms with Gasteiger partial charge in [0.15, 0.2) is 0 Å². The first-order valence-corrected chi connectivity index (χ1v) is 8.92. The topological polar surface area (TPSA) is 95.6 Å². The van der Waals surface area contributed by atoms with E-state index in [4.69, 9.17) is 11.6 Å². The van der Waals surface area contributed by atoms with Crippen molar-refractivity contribution in [2.24, 2.45) is 0 Å². The molecule has 2 amide bonds. The lowest BCUT2D eigenvalue weighted by molar-refractivity contribution is 0.0846. The first kappa shape index (κ1) is 18.9. The van der Waals surface area contributed by atoms with Crippen LogP contribution in [0.25, 0.3) is 0 Å². The van der Waals surface area contributed by atoms with Crippen LogP contribution in [0.3, 0.4) is 0 Å². The number of carbonyl (C=O) groups excluding carboxylic acids is 2. The quantitative estimate of drug-likeness (QED) is 0.787. The summed E-state index contributed by atoms with van der Waals surface area (Å²) in [6, 6.07) is 11.6. The molecule has 7 nitrogen and oxygen atoms in total. The molecule has 0 spiro atoms. The molecule has 2 aromatic carbocycles. The second-order valence-electron chi connectivity index (χ2n) is 5.23. The molecule has 0 aliphatic heterocycles. The lowest BCUT2D eigenvalue weighted by atomic mass is 10.2. The lowest BCUT2D eigenvalue weighted by Gasteiger charge is -2.12. The molecule has 9 heteroatoms. The minimum Gasteiger partial charge on any atom is -0.267 e. The first-order chi connectivity index (χ1) is 11.7. The van der Waals surface area contributed by atoms with E-state index < -0.39 is 21.8 Å². The molecule has 0 bridgehead atoms. The highest BCUT2D eigenvalue weighted by Crippen LogP contribution is 2.14. The zero-order chi connectivity index (χ0) is 18.6. The van der Waals surface area contributed by atoms with E-state index in [1.54, 1.807) is 18.2 Å². The Kier molecular flexibility index (Phi) is 5.78. The molecular formula is C16H16ClN3O4S. The van der Waals surface area contributed by atoms with Gasteiger partial charge in [-0.05, 0) is 42.5 Å². The van der Waals surface area contributed by atoms with Crippen LogP contribution in [0.5, 0.6) is 0 Å². The summed E-state index contributed by atoms with van der Waals surface area (Å²) in [5.41, 5.74) is 5.01. The maximum absolute atomic E-state index is 12.0. The number of benzene rings is 2. The van der Waals surface area contributed by atoms with Gasteiger partial charge in [-0.3, -0.25) is 20.4 Å². The van der Waals surface area contributed by atoms with Crippen molar-refractivity contribution in [1.29, 1.82) is 0 Å². The highest BCUT2D eigenvalue weighted by molar-refractivity contribution is 7.89. The first-order valence-electron chi connectivity index (χ1n) is 7.10. The smallest absolute Gasteiger partial charge is 0.267 e. The highest BCUT2D eigenvalue weighted by atomic mass is 35.5. The third-order valence-electron chi connectivity index (χ3n) is 3.27. The van der Waals surface area contributed by atoms with E-state index in [2.05, 4.69) is 10.9 Å². The summed E-state index contributed by atoms with van der Waals surface area (Å²) in [5.74, 6) is -1.10. The van der Waals surface area contributed by atoms with E-state index in [1.807, 2.05) is 0 Å². The molecule has 0 heterocycles. The molecule has 0 radical (unpaired) electrons. The third kappa shape index (κ3) is 4.56. The lowest BCUT2D eigenvalue weighted by Crippen LogP contribution is -2.41. The summed E-state index contributed by atoms with van der Waals surface area (Å²) in [6.45, 7) is 0. The van der Waals surface area contributed by atoms with Gasteiger partial charge in [-0.25, -0.2) is 12.7 Å². The van der Waals surface area contributed by atoms with Crippen molar-refractivity contribution in [1.82, 2.24) is 15.2 Å². The molecule has 2 N–H and O–H groups in total. The fraction of sp³-hybridized carbons (Fsp3) is 0.125. The molecule has 25 heavy (non-hydrogen) atoms. The van der Waals surface area contributed by atoms with Crippen molar-refractivity contribution in [3.8, 4) is 0 Å². The van der Waals surface area contributed by atoms with E-state index in [0.29, 0.717) is 10.6 Å². The predicted molar refractivity (Wildman–Crippen MR) is 93.7 cm³/mol. The van der Waals surface area contributed by atoms with Crippen LogP contribution < -0.4 is 10.9 Å². The maximum Gasteiger partial charge on any atom is 0.269 e. The Morgan fingerprint density at radius 2 is 1.48 bits per heavy atom. The normalized spacial score (nSPS) is 11.2. The molecule has 2 rings (SSSR count). The van der Waals surface area contributed by atoms with Crippen molar-refractivity contribution in [2.75, 3.05) is 14.1 Å². The molecular weight excluding hydrogens is 366 g/mol. The van der Waals surface area contributed by atoms with Crippen molar-refractivity contribution in [3.63, 3.8) is 0 Å². The molecule has 0 aliphatic rings. The molecule has 0 aromatic heterocycles. The molecule has 0 saturated heterocycles. The van der Waals surface area contributed by atoms with E-state index in [1.165, 1.54) is 44.4 Å². The Morgan fingerprint density at radius 3 is 2.00 bits per heavy atom. The fourth-order valence-corrected chi connectivity index (χ4v) is 2.97. The summed E-state index contributed by atoms with van der Waals surface area (Å²) >= 11 is 5.80. The number of hydrogen-bond donors (Lipinski definition) is 2. The van der Waals surface area contributed by atoms with Gasteiger partial charge in [0.1, 0.15) is 0 Å². The van der Waals surface area contributed by atoms with Gasteiger partial charge < -0.3 is 0 Å². The van der Waals surface area contributed by atoms with Crippen LogP contribution >= 0.6 is 11.6 Å². The van der Waals surface area contributed by atoms with Crippen molar-refractivity contribution in [2.45, 2.75) is 4.90 Å². The number of hydrogen-bond acceptors (Lipinski definition) is 4. The molecule has 0 aliphatic carbocycles. The second kappa shape index (κ2) is 7.64. The van der Waals surface area contributed by atoms with Gasteiger partial charge in [0.05, 0.1) is 4.90 Å². The van der Waals surface area contributed by atoms with Crippen LogP contribution in [0.4, 0.5) is 0 Å². The minimum absolute atomic E-state index is 0.0667. The van der Waals surface area contributed by atoms with Crippen molar-refractivity contribution >= 4 is 33.4 Å². The van der Waals surface area contributed by atoms with Crippen LogP contribution in [0, 0.1) is 0 Å². The number of rotatable bonds is 4. The van der Waals surface area contributed by atoms with E-state index in [0.717, 1.165) is 4.31 Å². The van der Waals surface area contributed by atoms with Gasteiger partial charge in [0.25, 0.3) is 11.8 Å². The molecule has 0 unspecified atom stereocenters. The summed E-state index contributed by atoms with van der Waals surface area (Å²) in [7, 11) is -0.730. The highest BCUT2D eigenvalue weighted by Gasteiger charge is 2.17. The van der Waals surface area contributed by atoms with Crippen LogP contribution in [0.1, 0.15) is 20.7 Å². The predicted octanol–water partition coefficient (Wildman–Crippen LogP) is 1.67. The van der Waals surface area contributed by atoms with Crippen LogP contribution in [0.2, 0.25) is 5.02 Å². The number of sulfonamides is 1. The van der Waals surface area contributed by atoms with Crippen LogP contribution in [0.15, 0.2) is 53.4 Å². The molecule has 2 aromatic rings. The van der Waals surface area contributed by atoms with Gasteiger partial charge in [0.2, 0.25) is 10.0 Å². The Labute approximate surface area is 150 Å². The van der Waals surface area contributed by atoms with Crippen molar-refractivity contribution < 1.29 is 18.0 Å². The monoisotopic (exact) mass is 381 g/mol. The summed E-state index contributed by atoms with van der Waals surface area (Å²) in [5, 5.41) is 0.400. The zero-order valence-electron chi connectivity index (χ0n) is 13.5.